The quantitative estimate of drug-likeness (QED) is 0.345. The van der Waals surface area contributed by atoms with Gasteiger partial charge in [0, 0.05) is 31.9 Å². The smallest absolute Gasteiger partial charge is 0.284 e. The number of furan rings is 1. The van der Waals surface area contributed by atoms with Crippen molar-refractivity contribution in [1.82, 2.24) is 10.6 Å². The zero-order valence-electron chi connectivity index (χ0n) is 15.4. The van der Waals surface area contributed by atoms with Crippen LogP contribution >= 0.6 is 24.0 Å². The van der Waals surface area contributed by atoms with Crippen molar-refractivity contribution in [3.8, 4) is 0 Å². The van der Waals surface area contributed by atoms with Crippen LogP contribution in [0.15, 0.2) is 51.9 Å². The Hall–Kier alpha value is -2.23. The Balaban J connectivity index is 0.00000261. The average molecular weight is 483 g/mol. The van der Waals surface area contributed by atoms with Gasteiger partial charge in [0.05, 0.1) is 6.54 Å². The zero-order valence-corrected chi connectivity index (χ0v) is 17.7. The maximum absolute atomic E-state index is 11.1. The van der Waals surface area contributed by atoms with Gasteiger partial charge in [-0.05, 0) is 37.1 Å². The number of nitrogens with zero attached hydrogens (tertiary/aromatic N) is 2. The summed E-state index contributed by atoms with van der Waals surface area (Å²) in [6.45, 7) is 2.47. The molecule has 3 rings (SSSR count). The molecule has 0 aliphatic carbocycles. The van der Waals surface area contributed by atoms with Crippen molar-refractivity contribution in [2.45, 2.75) is 25.4 Å². The Kier molecular flexibility index (Phi) is 7.96. The Morgan fingerprint density at radius 2 is 1.93 bits per heavy atom. The number of carbonyl (C=O) groups is 1. The monoisotopic (exact) mass is 483 g/mol. The van der Waals surface area contributed by atoms with Crippen LogP contribution in [0.3, 0.4) is 0 Å². The predicted molar refractivity (Wildman–Crippen MR) is 118 cm³/mol. The molecule has 0 atom stereocenters. The van der Waals surface area contributed by atoms with Crippen molar-refractivity contribution in [2.24, 2.45) is 10.7 Å². The molecule has 7 nitrogen and oxygen atoms in total. The van der Waals surface area contributed by atoms with Gasteiger partial charge in [-0.15, -0.1) is 24.0 Å². The number of primary amides is 1. The van der Waals surface area contributed by atoms with Crippen molar-refractivity contribution in [3.05, 3.63) is 54.0 Å². The van der Waals surface area contributed by atoms with E-state index in [2.05, 4.69) is 44.8 Å². The van der Waals surface area contributed by atoms with E-state index in [1.54, 1.807) is 19.2 Å². The minimum atomic E-state index is -0.566. The SMILES string of the molecule is CN=C(NCc1ccc(C(N)=O)o1)NC1CCN(c2ccccc2)CC1.I. The molecule has 0 radical (unpaired) electrons. The third kappa shape index (κ3) is 5.88. The fourth-order valence-electron chi connectivity index (χ4n) is 3.09. The Morgan fingerprint density at radius 1 is 1.22 bits per heavy atom. The number of anilines is 1. The van der Waals surface area contributed by atoms with E-state index < -0.39 is 5.91 Å². The van der Waals surface area contributed by atoms with E-state index in [0.717, 1.165) is 31.9 Å². The molecule has 0 bridgehead atoms. The lowest BCUT2D eigenvalue weighted by Crippen LogP contribution is -2.48. The van der Waals surface area contributed by atoms with Crippen LogP contribution in [0.25, 0.3) is 0 Å². The van der Waals surface area contributed by atoms with Crippen LogP contribution in [0.4, 0.5) is 5.69 Å². The summed E-state index contributed by atoms with van der Waals surface area (Å²) in [6, 6.07) is 14.2. The van der Waals surface area contributed by atoms with Crippen molar-refractivity contribution in [3.63, 3.8) is 0 Å². The first kappa shape index (κ1) is 21.1. The van der Waals surface area contributed by atoms with Crippen molar-refractivity contribution < 1.29 is 9.21 Å². The summed E-state index contributed by atoms with van der Waals surface area (Å²) in [6.07, 6.45) is 2.09. The molecule has 146 valence electrons. The lowest BCUT2D eigenvalue weighted by molar-refractivity contribution is 0.0972. The molecule has 1 aromatic carbocycles. The van der Waals surface area contributed by atoms with Gasteiger partial charge in [0.15, 0.2) is 11.7 Å². The van der Waals surface area contributed by atoms with E-state index in [9.17, 15) is 4.79 Å². The fourth-order valence-corrected chi connectivity index (χ4v) is 3.09. The average Bonchev–Trinajstić information content (AvgIpc) is 3.16. The number of carbonyl (C=O) groups excluding carboxylic acids is 1. The molecule has 0 spiro atoms. The van der Waals surface area contributed by atoms with Gasteiger partial charge in [-0.2, -0.15) is 0 Å². The molecule has 27 heavy (non-hydrogen) atoms. The Bertz CT molecular complexity index is 754. The molecule has 0 saturated carbocycles. The molecule has 1 amide bonds. The van der Waals surface area contributed by atoms with Crippen LogP contribution in [-0.4, -0.2) is 38.0 Å². The molecule has 4 N–H and O–H groups in total. The molecule has 1 aliphatic heterocycles. The van der Waals surface area contributed by atoms with Gasteiger partial charge < -0.3 is 25.7 Å². The van der Waals surface area contributed by atoms with Crippen LogP contribution in [0.2, 0.25) is 0 Å². The second kappa shape index (κ2) is 10.2. The van der Waals surface area contributed by atoms with E-state index in [4.69, 9.17) is 10.2 Å². The molecule has 2 aromatic rings. The van der Waals surface area contributed by atoms with E-state index in [-0.39, 0.29) is 29.7 Å². The molecule has 0 unspecified atom stereocenters. The Morgan fingerprint density at radius 3 is 2.52 bits per heavy atom. The number of amides is 1. The summed E-state index contributed by atoms with van der Waals surface area (Å²) >= 11 is 0. The number of aliphatic imine (C=N–C) groups is 1. The standard InChI is InChI=1S/C19H25N5O2.HI/c1-21-19(22-13-16-7-8-17(26-16)18(20)25)23-14-9-11-24(12-10-14)15-5-3-2-4-6-15;/h2-8,14H,9-13H2,1H3,(H2,20,25)(H2,21,22,23);1H. The van der Waals surface area contributed by atoms with Crippen LogP contribution in [0, 0.1) is 0 Å². The van der Waals surface area contributed by atoms with Gasteiger partial charge in [-0.3, -0.25) is 9.79 Å². The number of nitrogens with two attached hydrogens (primary N) is 1. The van der Waals surface area contributed by atoms with Crippen molar-refractivity contribution >= 4 is 41.5 Å². The van der Waals surface area contributed by atoms with E-state index in [1.165, 1.54) is 5.69 Å². The maximum atomic E-state index is 11.1. The number of benzene rings is 1. The van der Waals surface area contributed by atoms with Gasteiger partial charge in [-0.1, -0.05) is 18.2 Å². The highest BCUT2D eigenvalue weighted by Gasteiger charge is 2.20. The first-order chi connectivity index (χ1) is 12.7. The predicted octanol–water partition coefficient (Wildman–Crippen LogP) is 2.33. The first-order valence-electron chi connectivity index (χ1n) is 8.81. The zero-order chi connectivity index (χ0) is 18.4. The first-order valence-corrected chi connectivity index (χ1v) is 8.81. The summed E-state index contributed by atoms with van der Waals surface area (Å²) < 4.78 is 5.37. The molecular weight excluding hydrogens is 457 g/mol. The highest BCUT2D eigenvalue weighted by molar-refractivity contribution is 14.0. The molecule has 1 fully saturated rings. The third-order valence-electron chi connectivity index (χ3n) is 4.52. The molecule has 8 heteroatoms. The summed E-state index contributed by atoms with van der Waals surface area (Å²) in [5.41, 5.74) is 6.47. The largest absolute Gasteiger partial charge is 0.454 e. The molecule has 1 aromatic heterocycles. The highest BCUT2D eigenvalue weighted by Crippen LogP contribution is 2.19. The molecule has 1 aliphatic rings. The highest BCUT2D eigenvalue weighted by atomic mass is 127. The molecular formula is C19H26IN5O2. The normalized spacial score (nSPS) is 15.1. The summed E-state index contributed by atoms with van der Waals surface area (Å²) in [5.74, 6) is 0.961. The number of para-hydroxylation sites is 1. The molecule has 1 saturated heterocycles. The minimum absolute atomic E-state index is 0. The molecule has 2 heterocycles. The fraction of sp³-hybridized carbons (Fsp3) is 0.368. The van der Waals surface area contributed by atoms with Gasteiger partial charge in [0.25, 0.3) is 5.91 Å². The summed E-state index contributed by atoms with van der Waals surface area (Å²) in [5, 5.41) is 6.66. The number of piperidine rings is 1. The minimum Gasteiger partial charge on any atom is -0.454 e. The lowest BCUT2D eigenvalue weighted by Gasteiger charge is -2.34. The summed E-state index contributed by atoms with van der Waals surface area (Å²) in [7, 11) is 1.74. The van der Waals surface area contributed by atoms with E-state index >= 15 is 0 Å². The number of nitrogens with one attached hydrogen (secondary N) is 2. The Labute approximate surface area is 176 Å². The third-order valence-corrected chi connectivity index (χ3v) is 4.52. The number of hydrogen-bond acceptors (Lipinski definition) is 4. The van der Waals surface area contributed by atoms with Gasteiger partial charge in [0.1, 0.15) is 5.76 Å². The second-order valence-corrected chi connectivity index (χ2v) is 6.30. The van der Waals surface area contributed by atoms with E-state index in [0.29, 0.717) is 18.3 Å². The maximum Gasteiger partial charge on any atom is 0.284 e. The topological polar surface area (TPSA) is 95.9 Å². The number of halogens is 1. The van der Waals surface area contributed by atoms with Crippen molar-refractivity contribution in [2.75, 3.05) is 25.0 Å². The summed E-state index contributed by atoms with van der Waals surface area (Å²) in [4.78, 5) is 17.7. The van der Waals surface area contributed by atoms with Crippen LogP contribution in [0.5, 0.6) is 0 Å². The number of rotatable bonds is 5. The van der Waals surface area contributed by atoms with Crippen LogP contribution in [-0.2, 0) is 6.54 Å². The van der Waals surface area contributed by atoms with Crippen molar-refractivity contribution in [1.29, 1.82) is 0 Å². The van der Waals surface area contributed by atoms with Gasteiger partial charge in [0.2, 0.25) is 0 Å². The number of guanidine groups is 1. The van der Waals surface area contributed by atoms with Gasteiger partial charge in [-0.25, -0.2) is 0 Å². The van der Waals surface area contributed by atoms with E-state index in [1.807, 2.05) is 6.07 Å². The number of hydrogen-bond donors (Lipinski definition) is 3. The van der Waals surface area contributed by atoms with Crippen LogP contribution in [0.1, 0.15) is 29.2 Å². The van der Waals surface area contributed by atoms with Gasteiger partial charge >= 0.3 is 0 Å². The lowest BCUT2D eigenvalue weighted by atomic mass is 10.0. The van der Waals surface area contributed by atoms with Crippen LogP contribution < -0.4 is 21.3 Å². The second-order valence-electron chi connectivity index (χ2n) is 6.30.